The van der Waals surface area contributed by atoms with Gasteiger partial charge in [0.05, 0.1) is 12.0 Å². The Balaban J connectivity index is 1.55. The molecule has 2 atom stereocenters. The van der Waals surface area contributed by atoms with Gasteiger partial charge in [-0.25, -0.2) is 4.79 Å². The zero-order valence-corrected chi connectivity index (χ0v) is 24.1. The molecule has 1 saturated carbocycles. The van der Waals surface area contributed by atoms with Crippen LogP contribution in [0.15, 0.2) is 47.7 Å². The number of carbonyl (C=O) groups excluding carboxylic acids is 1. The van der Waals surface area contributed by atoms with E-state index in [2.05, 4.69) is 46.7 Å². The lowest BCUT2D eigenvalue weighted by atomic mass is 9.71. The van der Waals surface area contributed by atoms with Gasteiger partial charge in [0.15, 0.2) is 5.82 Å². The second kappa shape index (κ2) is 12.7. The van der Waals surface area contributed by atoms with Crippen molar-refractivity contribution in [1.82, 2.24) is 30.8 Å². The molecule has 43 heavy (non-hydrogen) atoms. The third kappa shape index (κ3) is 8.58. The summed E-state index contributed by atoms with van der Waals surface area (Å²) in [6, 6.07) is 5.77. The smallest absolute Gasteiger partial charge is 0.388 e. The van der Waals surface area contributed by atoms with E-state index in [1.807, 2.05) is 0 Å². The van der Waals surface area contributed by atoms with Crippen LogP contribution in [0, 0.1) is 17.3 Å². The van der Waals surface area contributed by atoms with Crippen LogP contribution in [0.5, 0.6) is 0 Å². The van der Waals surface area contributed by atoms with E-state index < -0.39 is 48.1 Å². The monoisotopic (exact) mass is 614 g/mol. The maximum Gasteiger partial charge on any atom is 0.412 e. The molecule has 0 aliphatic heterocycles. The number of nitrogens with one attached hydrogen (secondary N) is 2. The van der Waals surface area contributed by atoms with Gasteiger partial charge < -0.3 is 15.3 Å². The second-order valence-electron chi connectivity index (χ2n) is 12.4. The van der Waals surface area contributed by atoms with E-state index >= 15 is 0 Å². The number of nitrogens with zero attached hydrogens (tertiary/aromatic N) is 4. The normalized spacial score (nSPS) is 22.4. The summed E-state index contributed by atoms with van der Waals surface area (Å²) in [5.74, 6) is -1.62. The summed E-state index contributed by atoms with van der Waals surface area (Å²) < 4.78 is 80.8. The molecule has 0 bridgehead atoms. The molecule has 236 valence electrons. The first-order valence-corrected chi connectivity index (χ1v) is 14.1. The van der Waals surface area contributed by atoms with Gasteiger partial charge in [-0.2, -0.15) is 31.6 Å². The van der Waals surface area contributed by atoms with Crippen molar-refractivity contribution in [2.24, 2.45) is 17.3 Å². The highest BCUT2D eigenvalue weighted by Crippen LogP contribution is 2.42. The molecule has 14 heteroatoms. The lowest BCUT2D eigenvalue weighted by Crippen LogP contribution is -2.47. The number of tetrazole rings is 1. The van der Waals surface area contributed by atoms with Crippen LogP contribution in [0.1, 0.15) is 75.9 Å². The number of hydrogen-bond acceptors (Lipinski definition) is 5. The lowest BCUT2D eigenvalue weighted by molar-refractivity contribution is -0.166. The predicted molar refractivity (Wildman–Crippen MR) is 145 cm³/mol. The van der Waals surface area contributed by atoms with Crippen molar-refractivity contribution in [2.45, 2.75) is 90.3 Å². The summed E-state index contributed by atoms with van der Waals surface area (Å²) in [5, 5.41) is 26.3. The third-order valence-corrected chi connectivity index (χ3v) is 8.29. The number of hydrogen-bond donors (Lipinski definition) is 3. The van der Waals surface area contributed by atoms with Gasteiger partial charge in [-0.05, 0) is 66.7 Å². The number of alkyl halides is 6. The van der Waals surface area contributed by atoms with Crippen LogP contribution in [-0.4, -0.2) is 55.1 Å². The molecule has 0 saturated heterocycles. The number of aromatic amines is 1. The predicted octanol–water partition coefficient (Wildman–Crippen LogP) is 6.55. The number of H-pyrrole nitrogens is 1. The lowest BCUT2D eigenvalue weighted by Gasteiger charge is -2.41. The molecule has 4 rings (SSSR count). The molecular weight excluding hydrogens is 578 g/mol. The van der Waals surface area contributed by atoms with Crippen LogP contribution in [-0.2, 0) is 13.0 Å². The number of aliphatic hydroxyl groups excluding tert-OH is 1. The number of allylic oxidation sites excluding steroid dienone is 3. The SMILES string of the molecule is CC(C)(C)C1CCC(N(Cc2ccc(C(O)Cc3nn[nH]n3)cc2)C(=O)NC2=CC(C(F)(F)F)CC(C(F)(F)F)=C2)CC1. The number of benzene rings is 1. The quantitative estimate of drug-likeness (QED) is 0.307. The van der Waals surface area contributed by atoms with E-state index in [4.69, 9.17) is 0 Å². The molecule has 8 nitrogen and oxygen atoms in total. The Labute approximate surface area is 245 Å². The summed E-state index contributed by atoms with van der Waals surface area (Å²) in [6.07, 6.45) is -7.72. The molecule has 1 aromatic heterocycles. The highest BCUT2D eigenvalue weighted by Gasteiger charge is 2.45. The minimum atomic E-state index is -4.96. The van der Waals surface area contributed by atoms with Gasteiger partial charge >= 0.3 is 18.4 Å². The number of rotatable bonds is 7. The minimum absolute atomic E-state index is 0.0640. The third-order valence-electron chi connectivity index (χ3n) is 8.29. The van der Waals surface area contributed by atoms with Crippen molar-refractivity contribution >= 4 is 6.03 Å². The Morgan fingerprint density at radius 3 is 2.26 bits per heavy atom. The molecule has 1 fully saturated rings. The largest absolute Gasteiger partial charge is 0.412 e. The van der Waals surface area contributed by atoms with Crippen molar-refractivity contribution in [3.63, 3.8) is 0 Å². The number of halogens is 6. The first-order chi connectivity index (χ1) is 20.0. The van der Waals surface area contributed by atoms with Crippen LogP contribution in [0.4, 0.5) is 31.1 Å². The summed E-state index contributed by atoms with van der Waals surface area (Å²) in [6.45, 7) is 6.51. The average molecular weight is 615 g/mol. The number of urea groups is 1. The summed E-state index contributed by atoms with van der Waals surface area (Å²) in [5.41, 5.74) is -0.556. The fourth-order valence-corrected chi connectivity index (χ4v) is 5.71. The summed E-state index contributed by atoms with van der Waals surface area (Å²) >= 11 is 0. The van der Waals surface area contributed by atoms with E-state index in [0.717, 1.165) is 12.8 Å². The number of aliphatic hydroxyl groups is 1. The first kappa shape index (κ1) is 32.5. The molecule has 2 aromatic rings. The van der Waals surface area contributed by atoms with Crippen molar-refractivity contribution in [1.29, 1.82) is 0 Å². The van der Waals surface area contributed by atoms with Crippen LogP contribution in [0.3, 0.4) is 0 Å². The summed E-state index contributed by atoms with van der Waals surface area (Å²) in [7, 11) is 0. The van der Waals surface area contributed by atoms with Crippen LogP contribution < -0.4 is 5.32 Å². The van der Waals surface area contributed by atoms with E-state index in [-0.39, 0.29) is 24.4 Å². The Morgan fingerprint density at radius 2 is 1.72 bits per heavy atom. The fraction of sp³-hybridized carbons (Fsp3) is 0.586. The maximum absolute atomic E-state index is 13.6. The molecule has 3 N–H and O–H groups in total. The fourth-order valence-electron chi connectivity index (χ4n) is 5.71. The van der Waals surface area contributed by atoms with Crippen molar-refractivity contribution in [2.75, 3.05) is 0 Å². The molecule has 0 radical (unpaired) electrons. The topological polar surface area (TPSA) is 107 Å². The molecule has 0 spiro atoms. The van der Waals surface area contributed by atoms with Gasteiger partial charge in [-0.1, -0.05) is 50.3 Å². The van der Waals surface area contributed by atoms with Crippen LogP contribution >= 0.6 is 0 Å². The van der Waals surface area contributed by atoms with Gasteiger partial charge in [-0.15, -0.1) is 10.2 Å². The van der Waals surface area contributed by atoms with Crippen LogP contribution in [0.2, 0.25) is 0 Å². The summed E-state index contributed by atoms with van der Waals surface area (Å²) in [4.78, 5) is 15.1. The molecule has 2 aliphatic rings. The van der Waals surface area contributed by atoms with E-state index in [1.54, 1.807) is 24.3 Å². The van der Waals surface area contributed by atoms with Gasteiger partial charge in [0.1, 0.15) is 0 Å². The number of aromatic nitrogens is 4. The average Bonchev–Trinajstić information content (AvgIpc) is 3.43. The number of amides is 2. The van der Waals surface area contributed by atoms with Gasteiger partial charge in [0.2, 0.25) is 0 Å². The Kier molecular flexibility index (Phi) is 9.57. The van der Waals surface area contributed by atoms with E-state index in [0.29, 0.717) is 47.9 Å². The zero-order chi connectivity index (χ0) is 31.6. The standard InChI is InChI=1S/C29H36F6N6O2/c1-27(2,3)19-8-10-23(11-9-19)41(16-17-4-6-18(7-5-17)24(42)15-25-37-39-40-38-25)26(43)36-22-13-20(28(30,31)32)12-21(14-22)29(33,34)35/h4-7,13-14,19-20,23-24,42H,8-12,15-16H2,1-3H3,(H,36,43)(H,37,38,39,40). The Hall–Kier alpha value is -3.42. The first-order valence-electron chi connectivity index (χ1n) is 14.1. The van der Waals surface area contributed by atoms with Gasteiger partial charge in [0.25, 0.3) is 0 Å². The minimum Gasteiger partial charge on any atom is -0.388 e. The maximum atomic E-state index is 13.6. The van der Waals surface area contributed by atoms with E-state index in [1.165, 1.54) is 4.90 Å². The molecule has 2 unspecified atom stereocenters. The number of carbonyl (C=O) groups is 1. The van der Waals surface area contributed by atoms with Crippen molar-refractivity contribution in [3.05, 3.63) is 64.6 Å². The van der Waals surface area contributed by atoms with Gasteiger partial charge in [0, 0.05) is 30.3 Å². The Morgan fingerprint density at radius 1 is 1.07 bits per heavy atom. The molecule has 2 aliphatic carbocycles. The van der Waals surface area contributed by atoms with Gasteiger partial charge in [-0.3, -0.25) is 0 Å². The molecular formula is C29H36F6N6O2. The van der Waals surface area contributed by atoms with Crippen molar-refractivity contribution < 1.29 is 36.2 Å². The molecule has 1 heterocycles. The Bertz CT molecular complexity index is 1290. The molecule has 1 aromatic carbocycles. The highest BCUT2D eigenvalue weighted by atomic mass is 19.4. The van der Waals surface area contributed by atoms with Crippen LogP contribution in [0.25, 0.3) is 0 Å². The second-order valence-corrected chi connectivity index (χ2v) is 12.4. The van der Waals surface area contributed by atoms with E-state index in [9.17, 15) is 36.2 Å². The highest BCUT2D eigenvalue weighted by molar-refractivity contribution is 5.77. The molecule has 2 amide bonds. The zero-order valence-electron chi connectivity index (χ0n) is 24.1. The van der Waals surface area contributed by atoms with Crippen molar-refractivity contribution in [3.8, 4) is 0 Å².